The zero-order valence-electron chi connectivity index (χ0n) is 12.1. The summed E-state index contributed by atoms with van der Waals surface area (Å²) in [6.45, 7) is 0. The number of para-hydroxylation sites is 3. The van der Waals surface area contributed by atoms with Gasteiger partial charge in [-0.15, -0.1) is 0 Å². The normalized spacial score (nSPS) is 10.1. The van der Waals surface area contributed by atoms with Gasteiger partial charge in [-0.1, -0.05) is 36.4 Å². The first kappa shape index (κ1) is 14.7. The average molecular weight is 306 g/mol. The average Bonchev–Trinajstić information content (AvgIpc) is 3.06. The first-order chi connectivity index (χ1) is 11.3. The van der Waals surface area contributed by atoms with E-state index in [9.17, 15) is 4.79 Å². The summed E-state index contributed by atoms with van der Waals surface area (Å²) < 4.78 is 5.12. The summed E-state index contributed by atoms with van der Waals surface area (Å²) in [5.41, 5.74) is 4.22. The monoisotopic (exact) mass is 306 g/mol. The SMILES string of the molecule is NNC(=O)c1nc2ccccc2o1.c1ccc2ncccc2c1. The molecule has 0 fully saturated rings. The van der Waals surface area contributed by atoms with Crippen LogP contribution >= 0.6 is 0 Å². The minimum absolute atomic E-state index is 0.0244. The van der Waals surface area contributed by atoms with Gasteiger partial charge in [0.1, 0.15) is 5.52 Å². The molecule has 0 unspecified atom stereocenters. The number of fused-ring (bicyclic) bond motifs is 2. The van der Waals surface area contributed by atoms with Gasteiger partial charge in [-0.05, 0) is 24.3 Å². The Hall–Kier alpha value is -3.25. The number of hydrogen-bond donors (Lipinski definition) is 2. The fourth-order valence-corrected chi connectivity index (χ4v) is 2.05. The molecule has 6 nitrogen and oxygen atoms in total. The largest absolute Gasteiger partial charge is 0.432 e. The number of nitrogen functional groups attached to an aromatic ring is 1. The third kappa shape index (κ3) is 3.33. The number of benzene rings is 2. The Morgan fingerprint density at radius 2 is 1.65 bits per heavy atom. The molecular formula is C17H14N4O2. The van der Waals surface area contributed by atoms with E-state index < -0.39 is 5.91 Å². The highest BCUT2D eigenvalue weighted by atomic mass is 16.4. The van der Waals surface area contributed by atoms with E-state index in [1.165, 1.54) is 5.39 Å². The van der Waals surface area contributed by atoms with E-state index in [4.69, 9.17) is 10.3 Å². The second-order valence-electron chi connectivity index (χ2n) is 4.66. The molecule has 2 aromatic carbocycles. The molecule has 6 heteroatoms. The fourth-order valence-electron chi connectivity index (χ4n) is 2.05. The van der Waals surface area contributed by atoms with Crippen molar-refractivity contribution in [2.24, 2.45) is 5.84 Å². The maximum Gasteiger partial charge on any atom is 0.321 e. The molecule has 0 atom stereocenters. The molecule has 23 heavy (non-hydrogen) atoms. The number of amides is 1. The Morgan fingerprint density at radius 3 is 2.39 bits per heavy atom. The number of nitrogens with two attached hydrogens (primary N) is 1. The summed E-state index contributed by atoms with van der Waals surface area (Å²) in [5.74, 6) is 4.37. The van der Waals surface area contributed by atoms with Gasteiger partial charge in [0.15, 0.2) is 5.58 Å². The molecule has 0 aliphatic rings. The van der Waals surface area contributed by atoms with Crippen molar-refractivity contribution in [2.45, 2.75) is 0 Å². The lowest BCUT2D eigenvalue weighted by molar-refractivity contribution is 0.0921. The van der Waals surface area contributed by atoms with Crippen molar-refractivity contribution in [3.05, 3.63) is 72.8 Å². The van der Waals surface area contributed by atoms with Crippen LogP contribution < -0.4 is 11.3 Å². The Labute approximate surface area is 131 Å². The van der Waals surface area contributed by atoms with E-state index in [1.807, 2.05) is 42.0 Å². The predicted octanol–water partition coefficient (Wildman–Crippen LogP) is 2.67. The van der Waals surface area contributed by atoms with Gasteiger partial charge in [0.05, 0.1) is 5.52 Å². The van der Waals surface area contributed by atoms with Crippen LogP contribution in [0.4, 0.5) is 0 Å². The molecular weight excluding hydrogens is 292 g/mol. The molecule has 4 aromatic rings. The van der Waals surface area contributed by atoms with Crippen molar-refractivity contribution in [3.8, 4) is 0 Å². The number of nitrogens with one attached hydrogen (secondary N) is 1. The summed E-state index contributed by atoms with van der Waals surface area (Å²) in [5, 5.41) is 1.20. The first-order valence-corrected chi connectivity index (χ1v) is 6.94. The highest BCUT2D eigenvalue weighted by molar-refractivity contribution is 5.91. The van der Waals surface area contributed by atoms with Crippen molar-refractivity contribution in [2.75, 3.05) is 0 Å². The van der Waals surface area contributed by atoms with Crippen LogP contribution in [-0.4, -0.2) is 15.9 Å². The molecule has 1 amide bonds. The molecule has 0 bridgehead atoms. The van der Waals surface area contributed by atoms with Gasteiger partial charge in [-0.25, -0.2) is 10.8 Å². The second-order valence-corrected chi connectivity index (χ2v) is 4.66. The third-order valence-electron chi connectivity index (χ3n) is 3.13. The summed E-state index contributed by atoms with van der Waals surface area (Å²) in [4.78, 5) is 19.1. The topological polar surface area (TPSA) is 94.0 Å². The number of hydrazine groups is 1. The van der Waals surface area contributed by atoms with Gasteiger partial charge in [0, 0.05) is 11.6 Å². The third-order valence-corrected chi connectivity index (χ3v) is 3.13. The molecule has 0 aliphatic carbocycles. The van der Waals surface area contributed by atoms with Crippen molar-refractivity contribution < 1.29 is 9.21 Å². The summed E-state index contributed by atoms with van der Waals surface area (Å²) >= 11 is 0. The number of pyridine rings is 1. The van der Waals surface area contributed by atoms with Crippen LogP contribution in [0, 0.1) is 0 Å². The zero-order chi connectivity index (χ0) is 16.1. The van der Waals surface area contributed by atoms with E-state index in [0.717, 1.165) is 5.52 Å². The van der Waals surface area contributed by atoms with Crippen LogP contribution in [0.15, 0.2) is 71.3 Å². The van der Waals surface area contributed by atoms with Gasteiger partial charge < -0.3 is 4.42 Å². The zero-order valence-corrected chi connectivity index (χ0v) is 12.1. The number of carbonyl (C=O) groups excluding carboxylic acids is 1. The molecule has 0 saturated carbocycles. The number of carbonyl (C=O) groups is 1. The smallest absolute Gasteiger partial charge is 0.321 e. The molecule has 2 heterocycles. The standard InChI is InChI=1S/C9H7N.C8H7N3O2/c1-2-6-9-8(4-1)5-3-7-10-9;9-11-7(12)8-10-5-3-1-2-4-6(5)13-8/h1-7H;1-4H,9H2,(H,11,12). The van der Waals surface area contributed by atoms with Gasteiger partial charge in [-0.3, -0.25) is 15.2 Å². The predicted molar refractivity (Wildman–Crippen MR) is 87.4 cm³/mol. The maximum atomic E-state index is 11.0. The first-order valence-electron chi connectivity index (χ1n) is 6.94. The Balaban J connectivity index is 0.000000140. The van der Waals surface area contributed by atoms with E-state index >= 15 is 0 Å². The minimum Gasteiger partial charge on any atom is -0.432 e. The van der Waals surface area contributed by atoms with Crippen LogP contribution in [-0.2, 0) is 0 Å². The molecule has 4 rings (SSSR count). The molecule has 0 aliphatic heterocycles. The molecule has 2 aromatic heterocycles. The number of rotatable bonds is 1. The quantitative estimate of drug-likeness (QED) is 0.320. The van der Waals surface area contributed by atoms with Crippen LogP contribution in [0.2, 0.25) is 0 Å². The summed E-state index contributed by atoms with van der Waals surface area (Å²) in [6, 6.07) is 19.2. The molecule has 0 spiro atoms. The van der Waals surface area contributed by atoms with E-state index in [0.29, 0.717) is 11.1 Å². The number of hydrogen-bond acceptors (Lipinski definition) is 5. The fraction of sp³-hybridized carbons (Fsp3) is 0. The Kier molecular flexibility index (Phi) is 4.26. The van der Waals surface area contributed by atoms with Crippen LogP contribution in [0.25, 0.3) is 22.0 Å². The van der Waals surface area contributed by atoms with Crippen LogP contribution in [0.5, 0.6) is 0 Å². The lowest BCUT2D eigenvalue weighted by Crippen LogP contribution is -2.30. The Morgan fingerprint density at radius 1 is 0.957 bits per heavy atom. The molecule has 3 N–H and O–H groups in total. The number of nitrogens with zero attached hydrogens (tertiary/aromatic N) is 2. The van der Waals surface area contributed by atoms with Gasteiger partial charge in [-0.2, -0.15) is 0 Å². The maximum absolute atomic E-state index is 11.0. The van der Waals surface area contributed by atoms with Crippen molar-refractivity contribution in [1.82, 2.24) is 15.4 Å². The second kappa shape index (κ2) is 6.67. The molecule has 114 valence electrons. The van der Waals surface area contributed by atoms with Gasteiger partial charge >= 0.3 is 5.91 Å². The Bertz CT molecular complexity index is 851. The highest BCUT2D eigenvalue weighted by Crippen LogP contribution is 2.14. The van der Waals surface area contributed by atoms with Crippen molar-refractivity contribution >= 4 is 27.9 Å². The highest BCUT2D eigenvalue weighted by Gasteiger charge is 2.11. The van der Waals surface area contributed by atoms with Crippen molar-refractivity contribution in [3.63, 3.8) is 0 Å². The molecule has 0 radical (unpaired) electrons. The van der Waals surface area contributed by atoms with E-state index in [2.05, 4.69) is 22.1 Å². The lowest BCUT2D eigenvalue weighted by Gasteiger charge is -1.91. The van der Waals surface area contributed by atoms with Gasteiger partial charge in [0.25, 0.3) is 5.89 Å². The minimum atomic E-state index is -0.531. The van der Waals surface area contributed by atoms with Crippen molar-refractivity contribution in [1.29, 1.82) is 0 Å². The van der Waals surface area contributed by atoms with Crippen LogP contribution in [0.1, 0.15) is 10.7 Å². The summed E-state index contributed by atoms with van der Waals surface area (Å²) in [6.07, 6.45) is 1.81. The lowest BCUT2D eigenvalue weighted by atomic mass is 10.2. The van der Waals surface area contributed by atoms with Gasteiger partial charge in [0.2, 0.25) is 0 Å². The number of aromatic nitrogens is 2. The molecule has 0 saturated heterocycles. The van der Waals surface area contributed by atoms with E-state index in [-0.39, 0.29) is 5.89 Å². The van der Waals surface area contributed by atoms with E-state index in [1.54, 1.807) is 18.2 Å². The van der Waals surface area contributed by atoms with Crippen LogP contribution in [0.3, 0.4) is 0 Å². The number of oxazole rings is 1. The summed E-state index contributed by atoms with van der Waals surface area (Å²) in [7, 11) is 0.